The molecule has 0 saturated carbocycles. The molecule has 0 aliphatic carbocycles. The number of aromatic nitrogens is 2. The monoisotopic (exact) mass is 262 g/mol. The molecule has 0 N–H and O–H groups in total. The number of hydrogen-bond donors (Lipinski definition) is 0. The van der Waals surface area contributed by atoms with Gasteiger partial charge < -0.3 is 4.57 Å². The molecule has 0 spiro atoms. The number of halogens is 1. The first kappa shape index (κ1) is 10.8. The zero-order chi connectivity index (χ0) is 11.8. The molecule has 0 saturated heterocycles. The first-order chi connectivity index (χ1) is 8.29. The third-order valence-electron chi connectivity index (χ3n) is 2.82. The van der Waals surface area contributed by atoms with Crippen molar-refractivity contribution in [2.24, 2.45) is 7.05 Å². The molecule has 3 rings (SSSR count). The van der Waals surface area contributed by atoms with Crippen molar-refractivity contribution >= 4 is 33.8 Å². The minimum atomic E-state index is 0.473. The van der Waals surface area contributed by atoms with Crippen LogP contribution in [0.5, 0.6) is 0 Å². The fraction of sp³-hybridized carbons (Fsp3) is 0.154. The lowest BCUT2D eigenvalue weighted by Crippen LogP contribution is -1.81. The number of benzene rings is 1. The Kier molecular flexibility index (Phi) is 2.65. The minimum absolute atomic E-state index is 0.473. The molecular weight excluding hydrogens is 252 g/mol. The number of rotatable bonds is 2. The molecule has 86 valence electrons. The zero-order valence-corrected chi connectivity index (χ0v) is 10.9. The van der Waals surface area contributed by atoms with E-state index < -0.39 is 0 Å². The highest BCUT2D eigenvalue weighted by molar-refractivity contribution is 7.13. The average Bonchev–Trinajstić information content (AvgIpc) is 2.95. The van der Waals surface area contributed by atoms with Crippen LogP contribution in [0.1, 0.15) is 5.69 Å². The molecule has 1 aromatic carbocycles. The van der Waals surface area contributed by atoms with Crippen molar-refractivity contribution in [3.05, 3.63) is 41.5 Å². The van der Waals surface area contributed by atoms with Crippen molar-refractivity contribution in [1.82, 2.24) is 9.55 Å². The van der Waals surface area contributed by atoms with Gasteiger partial charge in [-0.25, -0.2) is 4.98 Å². The quantitative estimate of drug-likeness (QED) is 0.638. The van der Waals surface area contributed by atoms with E-state index in [4.69, 9.17) is 11.6 Å². The highest BCUT2D eigenvalue weighted by atomic mass is 35.5. The van der Waals surface area contributed by atoms with Crippen molar-refractivity contribution in [2.75, 3.05) is 0 Å². The van der Waals surface area contributed by atoms with E-state index in [0.29, 0.717) is 5.88 Å². The van der Waals surface area contributed by atoms with Crippen molar-refractivity contribution in [2.45, 2.75) is 5.88 Å². The van der Waals surface area contributed by atoms with Crippen molar-refractivity contribution in [3.63, 3.8) is 0 Å². The third kappa shape index (κ3) is 1.75. The minimum Gasteiger partial charge on any atom is -0.350 e. The summed E-state index contributed by atoms with van der Waals surface area (Å²) >= 11 is 7.44. The van der Waals surface area contributed by atoms with Gasteiger partial charge in [0.05, 0.1) is 11.6 Å². The van der Waals surface area contributed by atoms with E-state index in [9.17, 15) is 0 Å². The van der Waals surface area contributed by atoms with E-state index in [-0.39, 0.29) is 0 Å². The summed E-state index contributed by atoms with van der Waals surface area (Å²) in [5.74, 6) is 0.473. The van der Waals surface area contributed by atoms with Gasteiger partial charge in [0.25, 0.3) is 0 Å². The molecule has 2 aromatic heterocycles. The van der Waals surface area contributed by atoms with Crippen LogP contribution in [0.25, 0.3) is 21.5 Å². The van der Waals surface area contributed by atoms with Gasteiger partial charge in [0.15, 0.2) is 0 Å². The maximum absolute atomic E-state index is 5.79. The maximum Gasteiger partial charge on any atom is 0.125 e. The summed E-state index contributed by atoms with van der Waals surface area (Å²) in [5, 5.41) is 4.30. The average molecular weight is 263 g/mol. The van der Waals surface area contributed by atoms with Gasteiger partial charge >= 0.3 is 0 Å². The van der Waals surface area contributed by atoms with Crippen LogP contribution in [0.4, 0.5) is 0 Å². The maximum atomic E-state index is 5.79. The van der Waals surface area contributed by atoms with Crippen LogP contribution in [0.15, 0.2) is 35.8 Å². The first-order valence-corrected chi connectivity index (χ1v) is 6.76. The molecular formula is C13H11ClN2S. The summed E-state index contributed by atoms with van der Waals surface area (Å²) in [5.41, 5.74) is 3.36. The summed E-state index contributed by atoms with van der Waals surface area (Å²) in [4.78, 5) is 4.54. The van der Waals surface area contributed by atoms with Gasteiger partial charge in [0.2, 0.25) is 0 Å². The predicted molar refractivity (Wildman–Crippen MR) is 73.6 cm³/mol. The van der Waals surface area contributed by atoms with E-state index >= 15 is 0 Å². The Morgan fingerprint density at radius 2 is 2.18 bits per heavy atom. The Labute approximate surface area is 108 Å². The fourth-order valence-electron chi connectivity index (χ4n) is 2.00. The molecule has 0 amide bonds. The smallest absolute Gasteiger partial charge is 0.125 e. The number of thiazole rings is 1. The van der Waals surface area contributed by atoms with Gasteiger partial charge in [-0.15, -0.1) is 22.9 Å². The Bertz CT molecular complexity index is 669. The normalized spacial score (nSPS) is 11.2. The summed E-state index contributed by atoms with van der Waals surface area (Å²) in [6.07, 6.45) is 2.13. The Morgan fingerprint density at radius 1 is 1.35 bits per heavy atom. The lowest BCUT2D eigenvalue weighted by atomic mass is 10.2. The number of alkyl halides is 1. The van der Waals surface area contributed by atoms with Crippen molar-refractivity contribution in [1.29, 1.82) is 0 Å². The van der Waals surface area contributed by atoms with Crippen LogP contribution in [-0.4, -0.2) is 9.55 Å². The first-order valence-electron chi connectivity index (χ1n) is 5.34. The van der Waals surface area contributed by atoms with Crippen LogP contribution < -0.4 is 0 Å². The van der Waals surface area contributed by atoms with Gasteiger partial charge in [-0.05, 0) is 6.07 Å². The molecule has 2 heterocycles. The van der Waals surface area contributed by atoms with Gasteiger partial charge in [-0.3, -0.25) is 0 Å². The second-order valence-corrected chi connectivity index (χ2v) is 5.07. The van der Waals surface area contributed by atoms with Crippen molar-refractivity contribution < 1.29 is 0 Å². The fourth-order valence-corrected chi connectivity index (χ4v) is 3.08. The largest absolute Gasteiger partial charge is 0.350 e. The summed E-state index contributed by atoms with van der Waals surface area (Å²) in [7, 11) is 2.06. The molecule has 17 heavy (non-hydrogen) atoms. The number of nitrogens with zero attached hydrogens (tertiary/aromatic N) is 2. The Morgan fingerprint density at radius 3 is 2.94 bits per heavy atom. The second kappa shape index (κ2) is 4.17. The zero-order valence-electron chi connectivity index (χ0n) is 9.35. The highest BCUT2D eigenvalue weighted by Gasteiger charge is 2.11. The van der Waals surface area contributed by atoms with Crippen LogP contribution in [0, 0.1) is 0 Å². The Balaban J connectivity index is 2.23. The topological polar surface area (TPSA) is 17.8 Å². The van der Waals surface area contributed by atoms with Crippen LogP contribution in [-0.2, 0) is 12.9 Å². The number of fused-ring (bicyclic) bond motifs is 1. The second-order valence-electron chi connectivity index (χ2n) is 3.95. The lowest BCUT2D eigenvalue weighted by Gasteiger charge is -1.93. The lowest BCUT2D eigenvalue weighted by molar-refractivity contribution is 0.970. The molecule has 0 fully saturated rings. The number of aryl methyl sites for hydroxylation is 1. The van der Waals surface area contributed by atoms with Crippen LogP contribution in [0.3, 0.4) is 0 Å². The third-order valence-corrected chi connectivity index (χ3v) is 4.01. The van der Waals surface area contributed by atoms with Crippen molar-refractivity contribution in [3.8, 4) is 10.6 Å². The van der Waals surface area contributed by atoms with Crippen LogP contribution >= 0.6 is 22.9 Å². The highest BCUT2D eigenvalue weighted by Crippen LogP contribution is 2.32. The van der Waals surface area contributed by atoms with Crippen LogP contribution in [0.2, 0.25) is 0 Å². The SMILES string of the molecule is Cn1cc(-c2nc(CCl)cs2)c2ccccc21. The summed E-state index contributed by atoms with van der Waals surface area (Å²) in [6.45, 7) is 0. The standard InChI is InChI=1S/C13H11ClN2S/c1-16-7-11(10-4-2-3-5-12(10)16)13-15-9(6-14)8-17-13/h2-5,7-8H,6H2,1H3. The van der Waals surface area contributed by atoms with E-state index in [1.54, 1.807) is 11.3 Å². The molecule has 2 nitrogen and oxygen atoms in total. The molecule has 3 aromatic rings. The molecule has 0 bridgehead atoms. The van der Waals surface area contributed by atoms with E-state index in [2.05, 4.69) is 47.1 Å². The van der Waals surface area contributed by atoms with E-state index in [1.165, 1.54) is 16.5 Å². The van der Waals surface area contributed by atoms with E-state index in [0.717, 1.165) is 10.7 Å². The molecule has 4 heteroatoms. The van der Waals surface area contributed by atoms with E-state index in [1.807, 2.05) is 5.38 Å². The summed E-state index contributed by atoms with van der Waals surface area (Å²) in [6, 6.07) is 8.36. The summed E-state index contributed by atoms with van der Waals surface area (Å²) < 4.78 is 2.13. The molecule has 0 atom stereocenters. The van der Waals surface area contributed by atoms with Gasteiger partial charge in [0.1, 0.15) is 5.01 Å². The molecule has 0 aliphatic heterocycles. The number of para-hydroxylation sites is 1. The van der Waals surface area contributed by atoms with Gasteiger partial charge in [0, 0.05) is 35.1 Å². The van der Waals surface area contributed by atoms with Gasteiger partial charge in [-0.1, -0.05) is 18.2 Å². The van der Waals surface area contributed by atoms with Gasteiger partial charge in [-0.2, -0.15) is 0 Å². The molecule has 0 unspecified atom stereocenters. The number of hydrogen-bond acceptors (Lipinski definition) is 2. The predicted octanol–water partition coefficient (Wildman–Crippen LogP) is 4.04. The molecule has 0 aliphatic rings. The Hall–Kier alpha value is -1.32. The molecule has 0 radical (unpaired) electrons.